The van der Waals surface area contributed by atoms with Gasteiger partial charge in [-0.05, 0) is 43.3 Å². The Labute approximate surface area is 127 Å². The van der Waals surface area contributed by atoms with Gasteiger partial charge in [-0.3, -0.25) is 4.57 Å². The van der Waals surface area contributed by atoms with Crippen molar-refractivity contribution in [2.75, 3.05) is 6.61 Å². The minimum atomic E-state index is -0.345. The molecule has 0 spiro atoms. The van der Waals surface area contributed by atoms with Crippen molar-refractivity contribution in [3.05, 3.63) is 59.9 Å². The Morgan fingerprint density at radius 2 is 2.09 bits per heavy atom. The van der Waals surface area contributed by atoms with Crippen LogP contribution in [0.4, 0.5) is 0 Å². The monoisotopic (exact) mass is 291 g/mol. The highest BCUT2D eigenvalue weighted by molar-refractivity contribution is 5.90. The Kier molecular flexibility index (Phi) is 3.58. The smallest absolute Gasteiger partial charge is 0.338 e. The van der Waals surface area contributed by atoms with Crippen molar-refractivity contribution in [2.45, 2.75) is 6.92 Å². The molecule has 108 valence electrons. The van der Waals surface area contributed by atoms with Gasteiger partial charge in [0.1, 0.15) is 11.7 Å². The van der Waals surface area contributed by atoms with Crippen LogP contribution in [-0.2, 0) is 4.74 Å². The zero-order valence-corrected chi connectivity index (χ0v) is 12.0. The number of carbonyl (C=O) groups excluding carboxylic acids is 1. The van der Waals surface area contributed by atoms with E-state index in [-0.39, 0.29) is 5.97 Å². The number of ether oxygens (including phenoxy) is 1. The van der Waals surface area contributed by atoms with Gasteiger partial charge in [-0.1, -0.05) is 0 Å². The maximum atomic E-state index is 11.7. The van der Waals surface area contributed by atoms with Crippen molar-refractivity contribution >= 4 is 17.0 Å². The summed E-state index contributed by atoms with van der Waals surface area (Å²) >= 11 is 0. The van der Waals surface area contributed by atoms with Crippen molar-refractivity contribution in [3.8, 4) is 11.8 Å². The first-order valence-electron chi connectivity index (χ1n) is 6.88. The summed E-state index contributed by atoms with van der Waals surface area (Å²) in [7, 11) is 0. The lowest BCUT2D eigenvalue weighted by Crippen LogP contribution is -2.04. The van der Waals surface area contributed by atoms with E-state index in [1.807, 2.05) is 22.8 Å². The third-order valence-electron chi connectivity index (χ3n) is 3.34. The second-order valence-corrected chi connectivity index (χ2v) is 4.67. The average Bonchev–Trinajstić information content (AvgIpc) is 2.94. The van der Waals surface area contributed by atoms with Crippen LogP contribution < -0.4 is 0 Å². The van der Waals surface area contributed by atoms with Gasteiger partial charge in [0, 0.05) is 23.5 Å². The molecule has 5 nitrogen and oxygen atoms in total. The van der Waals surface area contributed by atoms with Gasteiger partial charge >= 0.3 is 5.97 Å². The molecule has 0 saturated carbocycles. The second-order valence-electron chi connectivity index (χ2n) is 4.67. The Balaban J connectivity index is 2.05. The molecule has 2 aromatic heterocycles. The zero-order valence-electron chi connectivity index (χ0n) is 12.0. The van der Waals surface area contributed by atoms with E-state index in [4.69, 9.17) is 4.74 Å². The molecule has 0 fully saturated rings. The van der Waals surface area contributed by atoms with Gasteiger partial charge in [0.05, 0.1) is 17.7 Å². The zero-order chi connectivity index (χ0) is 15.5. The first-order valence-corrected chi connectivity index (χ1v) is 6.88. The molecular formula is C17H13N3O2. The fourth-order valence-corrected chi connectivity index (χ4v) is 2.32. The van der Waals surface area contributed by atoms with E-state index in [1.54, 1.807) is 37.5 Å². The van der Waals surface area contributed by atoms with Gasteiger partial charge in [0.15, 0.2) is 0 Å². The van der Waals surface area contributed by atoms with Crippen LogP contribution in [0.3, 0.4) is 0 Å². The predicted molar refractivity (Wildman–Crippen MR) is 81.7 cm³/mol. The molecule has 22 heavy (non-hydrogen) atoms. The first kappa shape index (κ1) is 13.8. The highest BCUT2D eigenvalue weighted by atomic mass is 16.5. The van der Waals surface area contributed by atoms with E-state index >= 15 is 0 Å². The Morgan fingerprint density at radius 3 is 2.77 bits per heavy atom. The van der Waals surface area contributed by atoms with Gasteiger partial charge in [0.2, 0.25) is 0 Å². The number of aromatic nitrogens is 2. The normalized spacial score (nSPS) is 10.4. The molecule has 0 amide bonds. The van der Waals surface area contributed by atoms with Crippen LogP contribution in [-0.4, -0.2) is 22.1 Å². The Bertz CT molecular complexity index is 873. The van der Waals surface area contributed by atoms with Gasteiger partial charge in [-0.15, -0.1) is 0 Å². The van der Waals surface area contributed by atoms with E-state index in [0.29, 0.717) is 23.4 Å². The number of rotatable bonds is 3. The molecule has 1 aromatic carbocycles. The van der Waals surface area contributed by atoms with Crippen LogP contribution in [0.25, 0.3) is 16.7 Å². The number of nitrogens with zero attached hydrogens (tertiary/aromatic N) is 3. The molecule has 0 aliphatic heterocycles. The van der Waals surface area contributed by atoms with Gasteiger partial charge in [0.25, 0.3) is 0 Å². The van der Waals surface area contributed by atoms with Gasteiger partial charge in [-0.25, -0.2) is 9.78 Å². The van der Waals surface area contributed by atoms with E-state index < -0.39 is 0 Å². The van der Waals surface area contributed by atoms with Crippen LogP contribution in [0.1, 0.15) is 22.8 Å². The molecule has 0 radical (unpaired) electrons. The average molecular weight is 291 g/mol. The molecule has 3 rings (SSSR count). The molecule has 2 heterocycles. The van der Waals surface area contributed by atoms with Crippen LogP contribution in [0, 0.1) is 11.3 Å². The summed E-state index contributed by atoms with van der Waals surface area (Å²) in [6.45, 7) is 2.12. The highest BCUT2D eigenvalue weighted by Crippen LogP contribution is 2.22. The fourth-order valence-electron chi connectivity index (χ4n) is 2.32. The van der Waals surface area contributed by atoms with Gasteiger partial charge in [-0.2, -0.15) is 5.26 Å². The minimum absolute atomic E-state index is 0.345. The fraction of sp³-hybridized carbons (Fsp3) is 0.118. The maximum Gasteiger partial charge on any atom is 0.338 e. The molecule has 3 aromatic rings. The van der Waals surface area contributed by atoms with Crippen LogP contribution in [0.2, 0.25) is 0 Å². The number of carbonyl (C=O) groups is 1. The molecule has 0 unspecified atom stereocenters. The number of pyridine rings is 1. The minimum Gasteiger partial charge on any atom is -0.462 e. The van der Waals surface area contributed by atoms with E-state index in [1.165, 1.54) is 0 Å². The Hall–Kier alpha value is -3.13. The summed E-state index contributed by atoms with van der Waals surface area (Å²) in [5.41, 5.74) is 2.61. The Morgan fingerprint density at radius 1 is 1.32 bits per heavy atom. The summed E-state index contributed by atoms with van der Waals surface area (Å²) in [4.78, 5) is 16.0. The molecule has 0 aliphatic carbocycles. The van der Waals surface area contributed by atoms with Crippen molar-refractivity contribution in [2.24, 2.45) is 0 Å². The number of hydrogen-bond acceptors (Lipinski definition) is 4. The third kappa shape index (κ3) is 2.31. The lowest BCUT2D eigenvalue weighted by Gasteiger charge is -2.06. The SMILES string of the molecule is CCOC(=O)c1ccc(-n2cc(C#N)c3cccnc32)cc1. The van der Waals surface area contributed by atoms with E-state index in [2.05, 4.69) is 11.1 Å². The molecule has 0 bridgehead atoms. The van der Waals surface area contributed by atoms with E-state index in [9.17, 15) is 10.1 Å². The third-order valence-corrected chi connectivity index (χ3v) is 3.34. The topological polar surface area (TPSA) is 67.9 Å². The maximum absolute atomic E-state index is 11.7. The van der Waals surface area contributed by atoms with Crippen molar-refractivity contribution in [1.29, 1.82) is 5.26 Å². The van der Waals surface area contributed by atoms with Crippen LogP contribution >= 0.6 is 0 Å². The second kappa shape index (κ2) is 5.70. The predicted octanol–water partition coefficient (Wildman–Crippen LogP) is 3.07. The number of fused-ring (bicyclic) bond motifs is 1. The summed E-state index contributed by atoms with van der Waals surface area (Å²) in [5, 5.41) is 10.0. The number of hydrogen-bond donors (Lipinski definition) is 0. The molecule has 0 N–H and O–H groups in total. The molecule has 0 aliphatic rings. The van der Waals surface area contributed by atoms with Crippen molar-refractivity contribution in [3.63, 3.8) is 0 Å². The van der Waals surface area contributed by atoms with Crippen molar-refractivity contribution < 1.29 is 9.53 Å². The van der Waals surface area contributed by atoms with Crippen molar-refractivity contribution in [1.82, 2.24) is 9.55 Å². The molecule has 5 heteroatoms. The summed E-state index contributed by atoms with van der Waals surface area (Å²) in [6, 6.07) is 12.9. The number of nitriles is 1. The molecule has 0 saturated heterocycles. The van der Waals surface area contributed by atoms with Gasteiger partial charge < -0.3 is 4.74 Å². The number of esters is 1. The summed E-state index contributed by atoms with van der Waals surface area (Å²) in [6.07, 6.45) is 3.43. The number of benzene rings is 1. The summed E-state index contributed by atoms with van der Waals surface area (Å²) in [5.74, 6) is -0.345. The lowest BCUT2D eigenvalue weighted by molar-refractivity contribution is 0.0526. The lowest BCUT2D eigenvalue weighted by atomic mass is 10.2. The summed E-state index contributed by atoms with van der Waals surface area (Å²) < 4.78 is 6.80. The molecule has 0 atom stereocenters. The van der Waals surface area contributed by atoms with Crippen LogP contribution in [0.15, 0.2) is 48.8 Å². The largest absolute Gasteiger partial charge is 0.462 e. The standard InChI is InChI=1S/C17H13N3O2/c1-2-22-17(21)12-5-7-14(8-6-12)20-11-13(10-18)15-4-3-9-19-16(15)20/h3-9,11H,2H2,1H3. The highest BCUT2D eigenvalue weighted by Gasteiger charge is 2.11. The van der Waals surface area contributed by atoms with Crippen LogP contribution in [0.5, 0.6) is 0 Å². The quantitative estimate of drug-likeness (QED) is 0.695. The van der Waals surface area contributed by atoms with E-state index in [0.717, 1.165) is 11.1 Å². The molecular weight excluding hydrogens is 278 g/mol. The first-order chi connectivity index (χ1) is 10.7.